The average molecular weight is 517 g/mol. The first-order valence-corrected chi connectivity index (χ1v) is 11.2. The van der Waals surface area contributed by atoms with Crippen molar-refractivity contribution in [3.05, 3.63) is 78.4 Å². The van der Waals surface area contributed by atoms with Crippen LogP contribution < -0.4 is 0 Å². The lowest BCUT2D eigenvalue weighted by Gasteiger charge is -2.32. The van der Waals surface area contributed by atoms with Crippen LogP contribution in [0.2, 0.25) is 0 Å². The van der Waals surface area contributed by atoms with Gasteiger partial charge in [0.1, 0.15) is 11.5 Å². The van der Waals surface area contributed by atoms with Gasteiger partial charge in [-0.15, -0.1) is 0 Å². The number of carboxylic acid groups (broad SMARTS) is 1. The molecule has 0 spiro atoms. The number of pyridine rings is 1. The molecule has 1 aromatic carbocycles. The molecule has 1 N–H and O–H groups in total. The van der Waals surface area contributed by atoms with Crippen molar-refractivity contribution in [2.75, 3.05) is 33.2 Å². The van der Waals surface area contributed by atoms with Crippen LogP contribution in [0.5, 0.6) is 0 Å². The number of halogens is 4. The summed E-state index contributed by atoms with van der Waals surface area (Å²) in [4.78, 5) is 26.3. The molecule has 0 unspecified atom stereocenters. The topological polar surface area (TPSA) is 83.1 Å². The van der Waals surface area contributed by atoms with Gasteiger partial charge in [0.05, 0.1) is 22.5 Å². The van der Waals surface area contributed by atoms with Crippen LogP contribution in [-0.2, 0) is 4.79 Å². The summed E-state index contributed by atoms with van der Waals surface area (Å²) < 4.78 is 48.7. The maximum absolute atomic E-state index is 13.3. The molecule has 5 rings (SSSR count). The maximum atomic E-state index is 13.3. The zero-order chi connectivity index (χ0) is 26.7. The molecular weight excluding hydrogens is 494 g/mol. The number of aliphatic carboxylic acids is 1. The highest BCUT2D eigenvalue weighted by atomic mass is 19.4. The van der Waals surface area contributed by atoms with Gasteiger partial charge in [0.2, 0.25) is 0 Å². The number of piperazine rings is 1. The SMILES string of the molecule is CN1CCN(C(=O)c2cc(-c3ccn(-c4ccc(F)cc4)n3)n3ccccc23)CC1.O=C(O)C(F)(F)F. The lowest BCUT2D eigenvalue weighted by Crippen LogP contribution is -2.47. The molecule has 1 amide bonds. The monoisotopic (exact) mass is 517 g/mol. The van der Waals surface area contributed by atoms with Crippen molar-refractivity contribution >= 4 is 17.4 Å². The number of alkyl halides is 3. The average Bonchev–Trinajstić information content (AvgIpc) is 3.50. The van der Waals surface area contributed by atoms with Crippen LogP contribution in [0.1, 0.15) is 10.4 Å². The number of aromatic nitrogens is 3. The maximum Gasteiger partial charge on any atom is 0.490 e. The molecule has 0 radical (unpaired) electrons. The van der Waals surface area contributed by atoms with E-state index in [1.54, 1.807) is 16.8 Å². The van der Waals surface area contributed by atoms with E-state index in [0.717, 1.165) is 48.8 Å². The van der Waals surface area contributed by atoms with E-state index in [9.17, 15) is 22.4 Å². The number of carboxylic acids is 1. The standard InChI is InChI=1S/C23H22FN5O.C2HF3O2/c1-26-12-14-27(15-13-26)23(30)19-16-22(28-10-3-2-4-21(19)28)20-9-11-29(25-20)18-7-5-17(24)6-8-18;3-2(4,5)1(6)7/h2-11,16H,12-15H2,1H3;(H,6,7). The largest absolute Gasteiger partial charge is 0.490 e. The van der Waals surface area contributed by atoms with Crippen molar-refractivity contribution in [3.63, 3.8) is 0 Å². The number of benzene rings is 1. The van der Waals surface area contributed by atoms with E-state index < -0.39 is 12.1 Å². The summed E-state index contributed by atoms with van der Waals surface area (Å²) >= 11 is 0. The van der Waals surface area contributed by atoms with Gasteiger partial charge in [-0.1, -0.05) is 6.07 Å². The highest BCUT2D eigenvalue weighted by molar-refractivity contribution is 6.02. The van der Waals surface area contributed by atoms with E-state index >= 15 is 0 Å². The molecule has 0 bridgehead atoms. The quantitative estimate of drug-likeness (QED) is 0.416. The molecule has 1 fully saturated rings. The molecule has 1 aliphatic rings. The Kier molecular flexibility index (Phi) is 7.30. The van der Waals surface area contributed by atoms with Gasteiger partial charge in [-0.2, -0.15) is 18.3 Å². The number of amides is 1. The van der Waals surface area contributed by atoms with Crippen molar-refractivity contribution in [2.24, 2.45) is 0 Å². The van der Waals surface area contributed by atoms with E-state index in [-0.39, 0.29) is 11.7 Å². The van der Waals surface area contributed by atoms with Crippen molar-refractivity contribution in [1.82, 2.24) is 24.0 Å². The van der Waals surface area contributed by atoms with Crippen LogP contribution in [-0.4, -0.2) is 80.4 Å². The zero-order valence-corrected chi connectivity index (χ0v) is 19.7. The normalized spacial score (nSPS) is 14.4. The molecule has 0 saturated carbocycles. The number of likely N-dealkylation sites (N-methyl/N-ethyl adjacent to an activating group) is 1. The van der Waals surface area contributed by atoms with Gasteiger partial charge in [0, 0.05) is 38.6 Å². The predicted molar refractivity (Wildman–Crippen MR) is 127 cm³/mol. The molecule has 1 aliphatic heterocycles. The smallest absolute Gasteiger partial charge is 0.475 e. The number of fused-ring (bicyclic) bond motifs is 1. The molecule has 8 nitrogen and oxygen atoms in total. The fraction of sp³-hybridized carbons (Fsp3) is 0.240. The van der Waals surface area contributed by atoms with Crippen molar-refractivity contribution in [1.29, 1.82) is 0 Å². The summed E-state index contributed by atoms with van der Waals surface area (Å²) in [7, 11) is 2.07. The van der Waals surface area contributed by atoms with Gasteiger partial charge >= 0.3 is 12.1 Å². The highest BCUT2D eigenvalue weighted by Gasteiger charge is 2.38. The van der Waals surface area contributed by atoms with Crippen LogP contribution in [0.15, 0.2) is 67.0 Å². The number of carbonyl (C=O) groups is 2. The molecule has 0 aliphatic carbocycles. The first kappa shape index (κ1) is 25.9. The summed E-state index contributed by atoms with van der Waals surface area (Å²) in [6.45, 7) is 3.22. The predicted octanol–water partition coefficient (Wildman–Crippen LogP) is 3.95. The third-order valence-corrected chi connectivity index (χ3v) is 5.88. The number of nitrogens with zero attached hydrogens (tertiary/aromatic N) is 5. The van der Waals surface area contributed by atoms with Crippen LogP contribution in [0.3, 0.4) is 0 Å². The van der Waals surface area contributed by atoms with E-state index in [2.05, 4.69) is 17.0 Å². The Hall–Kier alpha value is -4.19. The third-order valence-electron chi connectivity index (χ3n) is 5.88. The molecule has 37 heavy (non-hydrogen) atoms. The van der Waals surface area contributed by atoms with Crippen LogP contribution >= 0.6 is 0 Å². The molecule has 4 aromatic rings. The number of hydrogen-bond acceptors (Lipinski definition) is 4. The first-order valence-electron chi connectivity index (χ1n) is 11.2. The Labute approximate surface area is 208 Å². The summed E-state index contributed by atoms with van der Waals surface area (Å²) in [5, 5.41) is 11.8. The Morgan fingerprint density at radius 3 is 2.22 bits per heavy atom. The van der Waals surface area contributed by atoms with Gasteiger partial charge < -0.3 is 19.3 Å². The zero-order valence-electron chi connectivity index (χ0n) is 19.7. The summed E-state index contributed by atoms with van der Waals surface area (Å²) in [5.74, 6) is -2.99. The molecule has 4 heterocycles. The fourth-order valence-corrected chi connectivity index (χ4v) is 3.90. The number of carbonyl (C=O) groups excluding carboxylic acids is 1. The first-order chi connectivity index (χ1) is 17.5. The van der Waals surface area contributed by atoms with Gasteiger partial charge in [0.25, 0.3) is 5.91 Å². The number of hydrogen-bond donors (Lipinski definition) is 1. The van der Waals surface area contributed by atoms with E-state index in [1.807, 2.05) is 52.0 Å². The van der Waals surface area contributed by atoms with E-state index in [1.165, 1.54) is 12.1 Å². The number of rotatable bonds is 3. The Morgan fingerprint density at radius 1 is 0.946 bits per heavy atom. The van der Waals surface area contributed by atoms with Crippen molar-refractivity contribution < 1.29 is 32.3 Å². The van der Waals surface area contributed by atoms with Gasteiger partial charge in [-0.05, 0) is 55.6 Å². The second-order valence-electron chi connectivity index (χ2n) is 8.42. The molecule has 3 aromatic heterocycles. The second-order valence-corrected chi connectivity index (χ2v) is 8.42. The van der Waals surface area contributed by atoms with E-state index in [4.69, 9.17) is 9.90 Å². The summed E-state index contributed by atoms with van der Waals surface area (Å²) in [6.07, 6.45) is -1.30. The van der Waals surface area contributed by atoms with Gasteiger partial charge in [-0.25, -0.2) is 13.9 Å². The minimum absolute atomic E-state index is 0.0519. The minimum atomic E-state index is -5.08. The van der Waals surface area contributed by atoms with E-state index in [0.29, 0.717) is 5.56 Å². The molecular formula is C25H23F4N5O3. The molecule has 12 heteroatoms. The van der Waals surface area contributed by atoms with Crippen LogP contribution in [0.4, 0.5) is 17.6 Å². The third kappa shape index (κ3) is 5.80. The Balaban J connectivity index is 0.000000405. The van der Waals surface area contributed by atoms with Gasteiger partial charge in [0.15, 0.2) is 0 Å². The van der Waals surface area contributed by atoms with Crippen molar-refractivity contribution in [3.8, 4) is 17.1 Å². The fourth-order valence-electron chi connectivity index (χ4n) is 3.90. The Morgan fingerprint density at radius 2 is 1.59 bits per heavy atom. The highest BCUT2D eigenvalue weighted by Crippen LogP contribution is 2.27. The molecule has 1 saturated heterocycles. The minimum Gasteiger partial charge on any atom is -0.475 e. The van der Waals surface area contributed by atoms with Gasteiger partial charge in [-0.3, -0.25) is 4.79 Å². The van der Waals surface area contributed by atoms with Crippen LogP contribution in [0.25, 0.3) is 22.6 Å². The van der Waals surface area contributed by atoms with Crippen LogP contribution in [0, 0.1) is 5.82 Å². The summed E-state index contributed by atoms with van der Waals surface area (Å²) in [6, 6.07) is 15.9. The lowest BCUT2D eigenvalue weighted by atomic mass is 10.2. The van der Waals surface area contributed by atoms with Crippen molar-refractivity contribution in [2.45, 2.75) is 6.18 Å². The molecule has 0 atom stereocenters. The lowest BCUT2D eigenvalue weighted by molar-refractivity contribution is -0.192. The Bertz CT molecular complexity index is 1400. The molecule has 194 valence electrons. The summed E-state index contributed by atoms with van der Waals surface area (Å²) in [5.41, 5.74) is 3.93. The second kappa shape index (κ2) is 10.4.